The smallest absolute Gasteiger partial charge is 0.225 e. The van der Waals surface area contributed by atoms with E-state index in [0.29, 0.717) is 54.6 Å². The summed E-state index contributed by atoms with van der Waals surface area (Å²) in [5.74, 6) is -0.600. The number of nitrogens with zero attached hydrogens (tertiary/aromatic N) is 4. The molecule has 1 aromatic heterocycles. The molecule has 6 nitrogen and oxygen atoms in total. The van der Waals surface area contributed by atoms with Gasteiger partial charge < -0.3 is 9.46 Å². The van der Waals surface area contributed by atoms with Crippen molar-refractivity contribution in [2.24, 2.45) is 4.99 Å². The molecule has 2 aromatic carbocycles. The lowest BCUT2D eigenvalue weighted by Gasteiger charge is -2.32. The van der Waals surface area contributed by atoms with E-state index in [9.17, 15) is 18.1 Å². The van der Waals surface area contributed by atoms with Gasteiger partial charge in [-0.05, 0) is 42.0 Å². The third kappa shape index (κ3) is 4.23. The fourth-order valence-corrected chi connectivity index (χ4v) is 7.04. The maximum Gasteiger partial charge on any atom is 0.225 e. The first-order valence-corrected chi connectivity index (χ1v) is 12.8. The van der Waals surface area contributed by atoms with Crippen molar-refractivity contribution in [3.05, 3.63) is 83.2 Å². The Kier molecular flexibility index (Phi) is 5.62. The van der Waals surface area contributed by atoms with E-state index in [0.717, 1.165) is 5.56 Å². The first-order chi connectivity index (χ1) is 15.9. The number of Topliss-reactive ketones (excluding diaryl/α,β-unsaturated/α-hetero) is 1. The third-order valence-corrected chi connectivity index (χ3v) is 9.19. The quantitative estimate of drug-likeness (QED) is 0.551. The van der Waals surface area contributed by atoms with Gasteiger partial charge in [0.1, 0.15) is 25.3 Å². The molecule has 0 saturated carbocycles. The molecule has 0 amide bonds. The van der Waals surface area contributed by atoms with E-state index in [-0.39, 0.29) is 17.6 Å². The molecule has 2 aliphatic heterocycles. The van der Waals surface area contributed by atoms with Crippen LogP contribution in [0.3, 0.4) is 0 Å². The van der Waals surface area contributed by atoms with Crippen LogP contribution in [0.5, 0.6) is 0 Å². The first kappa shape index (κ1) is 21.6. The number of hydrogen-bond acceptors (Lipinski definition) is 6. The van der Waals surface area contributed by atoms with Gasteiger partial charge in [0.05, 0.1) is 0 Å². The van der Waals surface area contributed by atoms with Gasteiger partial charge in [0, 0.05) is 66.4 Å². The second-order valence-electron chi connectivity index (χ2n) is 8.21. The number of anilines is 1. The number of ketones is 1. The molecule has 0 N–H and O–H groups in total. The molecule has 0 aliphatic carbocycles. The number of fused-ring (bicyclic) bond motifs is 1. The average molecular weight is 466 g/mol. The van der Waals surface area contributed by atoms with E-state index in [1.807, 2.05) is 4.90 Å². The Morgan fingerprint density at radius 1 is 0.970 bits per heavy atom. The van der Waals surface area contributed by atoms with E-state index in [4.69, 9.17) is 0 Å². The predicted octanol–water partition coefficient (Wildman–Crippen LogP) is 3.49. The summed E-state index contributed by atoms with van der Waals surface area (Å²) in [7, 11) is -2.94. The number of carbonyl (C=O) groups is 1. The molecule has 0 unspecified atom stereocenters. The summed E-state index contributed by atoms with van der Waals surface area (Å²) in [6.07, 6.45) is 4.33. The van der Waals surface area contributed by atoms with E-state index >= 15 is 0 Å². The van der Waals surface area contributed by atoms with Gasteiger partial charge in [-0.1, -0.05) is 6.07 Å². The minimum atomic E-state index is -2.94. The Balaban J connectivity index is 1.38. The van der Waals surface area contributed by atoms with Crippen LogP contribution in [0.25, 0.3) is 0 Å². The van der Waals surface area contributed by atoms with Crippen LogP contribution in [0, 0.1) is 11.6 Å². The van der Waals surface area contributed by atoms with Gasteiger partial charge in [0.15, 0.2) is 5.78 Å². The number of carbonyl (C=O) groups excluding carboxylic acids is 1. The van der Waals surface area contributed by atoms with Crippen LogP contribution in [0.2, 0.25) is 0 Å². The Morgan fingerprint density at radius 2 is 1.73 bits per heavy atom. The maximum absolute atomic E-state index is 14.8. The number of rotatable bonds is 4. The van der Waals surface area contributed by atoms with Crippen LogP contribution in [-0.2, 0) is 11.0 Å². The fourth-order valence-electron chi connectivity index (χ4n) is 4.34. The number of halogens is 2. The van der Waals surface area contributed by atoms with Gasteiger partial charge in [-0.2, -0.15) is 0 Å². The molecular formula is C24H21F2N4O2P. The second-order valence-corrected chi connectivity index (χ2v) is 11.4. The second kappa shape index (κ2) is 8.60. The highest BCUT2D eigenvalue weighted by atomic mass is 31.2. The van der Waals surface area contributed by atoms with E-state index in [1.54, 1.807) is 36.7 Å². The topological polar surface area (TPSA) is 75.5 Å². The Labute approximate surface area is 189 Å². The minimum Gasteiger partial charge on any atom is -0.340 e. The lowest BCUT2D eigenvalue weighted by molar-refractivity contribution is 0.0999. The molecular weight excluding hydrogens is 445 g/mol. The summed E-state index contributed by atoms with van der Waals surface area (Å²) >= 11 is 0. The number of aliphatic imine (C=N–C) groups is 1. The molecule has 0 radical (unpaired) electrons. The number of aromatic nitrogens is 2. The molecule has 9 heteroatoms. The number of hydrogen-bond donors (Lipinski definition) is 0. The fraction of sp³-hybridized carbons (Fsp3) is 0.250. The molecule has 3 heterocycles. The van der Waals surface area contributed by atoms with Crippen molar-refractivity contribution in [2.75, 3.05) is 36.9 Å². The van der Waals surface area contributed by atoms with Gasteiger partial charge in [-0.3, -0.25) is 9.79 Å². The number of benzene rings is 2. The van der Waals surface area contributed by atoms with E-state index in [1.165, 1.54) is 18.2 Å². The third-order valence-electron chi connectivity index (χ3n) is 6.12. The molecule has 0 bridgehead atoms. The van der Waals surface area contributed by atoms with Crippen LogP contribution in [0.4, 0.5) is 14.7 Å². The summed E-state index contributed by atoms with van der Waals surface area (Å²) in [4.78, 5) is 26.9. The summed E-state index contributed by atoms with van der Waals surface area (Å²) in [5.41, 5.74) is 2.28. The highest BCUT2D eigenvalue weighted by Crippen LogP contribution is 2.47. The van der Waals surface area contributed by atoms with Gasteiger partial charge in [-0.15, -0.1) is 0 Å². The summed E-state index contributed by atoms with van der Waals surface area (Å²) in [6, 6.07) is 10.5. The summed E-state index contributed by atoms with van der Waals surface area (Å²) < 4.78 is 42.2. The first-order valence-electron chi connectivity index (χ1n) is 10.7. The molecule has 5 rings (SSSR count). The molecule has 0 spiro atoms. The molecule has 1 saturated heterocycles. The van der Waals surface area contributed by atoms with Gasteiger partial charge >= 0.3 is 0 Å². The Morgan fingerprint density at radius 3 is 2.48 bits per heavy atom. The molecule has 33 heavy (non-hydrogen) atoms. The standard InChI is InChI=1S/C24H21F2N4O2P/c25-17-3-4-18-19(14-17)22(31)15-29-21(18)12-16-2-5-20(26)23(13-16)33(32)10-8-30(9-11-33)24-27-6-1-7-28-24/h1-7,13-14H,8-12,15H2. The summed E-state index contributed by atoms with van der Waals surface area (Å²) in [5, 5.41) is 0.250. The maximum atomic E-state index is 14.8. The van der Waals surface area contributed by atoms with E-state index < -0.39 is 18.8 Å². The van der Waals surface area contributed by atoms with Crippen molar-refractivity contribution in [3.8, 4) is 0 Å². The van der Waals surface area contributed by atoms with Crippen molar-refractivity contribution in [2.45, 2.75) is 6.42 Å². The minimum absolute atomic E-state index is 0.0459. The van der Waals surface area contributed by atoms with E-state index in [2.05, 4.69) is 15.0 Å². The molecule has 3 aromatic rings. The SMILES string of the molecule is O=C1CN=C(Cc2ccc(F)c(P3(=O)CCN(c4ncccn4)CC3)c2)c2ccc(F)cc21. The zero-order valence-electron chi connectivity index (χ0n) is 17.7. The Hall–Kier alpha value is -3.25. The largest absolute Gasteiger partial charge is 0.340 e. The normalized spacial score (nSPS) is 17.5. The van der Waals surface area contributed by atoms with Gasteiger partial charge in [0.2, 0.25) is 5.95 Å². The van der Waals surface area contributed by atoms with Gasteiger partial charge in [-0.25, -0.2) is 18.7 Å². The van der Waals surface area contributed by atoms with Crippen molar-refractivity contribution in [3.63, 3.8) is 0 Å². The molecule has 168 valence electrons. The molecule has 0 atom stereocenters. The van der Waals surface area contributed by atoms with Crippen LogP contribution in [0.1, 0.15) is 21.5 Å². The van der Waals surface area contributed by atoms with Crippen LogP contribution in [-0.4, -0.2) is 53.4 Å². The van der Waals surface area contributed by atoms with Crippen LogP contribution < -0.4 is 10.2 Å². The van der Waals surface area contributed by atoms with Gasteiger partial charge in [0.25, 0.3) is 0 Å². The average Bonchev–Trinajstić information content (AvgIpc) is 2.83. The summed E-state index contributed by atoms with van der Waals surface area (Å²) in [6.45, 7) is 0.924. The highest BCUT2D eigenvalue weighted by molar-refractivity contribution is 7.71. The Bertz CT molecular complexity index is 1300. The lowest BCUT2D eigenvalue weighted by atomic mass is 9.93. The molecule has 2 aliphatic rings. The van der Waals surface area contributed by atoms with Crippen molar-refractivity contribution >= 4 is 29.9 Å². The molecule has 1 fully saturated rings. The monoisotopic (exact) mass is 466 g/mol. The van der Waals surface area contributed by atoms with Crippen molar-refractivity contribution in [1.82, 2.24) is 9.97 Å². The van der Waals surface area contributed by atoms with Crippen molar-refractivity contribution < 1.29 is 18.1 Å². The predicted molar refractivity (Wildman–Crippen MR) is 123 cm³/mol. The van der Waals surface area contributed by atoms with Crippen LogP contribution >= 0.6 is 7.14 Å². The van der Waals surface area contributed by atoms with Crippen molar-refractivity contribution in [1.29, 1.82) is 0 Å². The zero-order valence-corrected chi connectivity index (χ0v) is 18.6. The lowest BCUT2D eigenvalue weighted by Crippen LogP contribution is -2.38. The highest BCUT2D eigenvalue weighted by Gasteiger charge is 2.34. The van der Waals surface area contributed by atoms with Crippen LogP contribution in [0.15, 0.2) is 59.9 Å². The zero-order chi connectivity index (χ0) is 23.0.